The Morgan fingerprint density at radius 2 is 1.29 bits per heavy atom. The molecule has 0 atom stereocenters. The van der Waals surface area contributed by atoms with Gasteiger partial charge in [0.1, 0.15) is 5.58 Å². The summed E-state index contributed by atoms with van der Waals surface area (Å²) in [6, 6.07) is 13.3. The smallest absolute Gasteiger partial charge is 0.344 e. The minimum atomic E-state index is -0.522. The predicted molar refractivity (Wildman–Crippen MR) is 115 cm³/mol. The first-order valence-corrected chi connectivity index (χ1v) is 9.38. The van der Waals surface area contributed by atoms with E-state index >= 15 is 0 Å². The van der Waals surface area contributed by atoms with E-state index in [4.69, 9.17) is 4.42 Å². The second-order valence-electron chi connectivity index (χ2n) is 7.06. The number of amides is 3. The highest BCUT2D eigenvalue weighted by Crippen LogP contribution is 2.29. The van der Waals surface area contributed by atoms with Gasteiger partial charge in [-0.1, -0.05) is 18.7 Å². The molecule has 2 aromatic carbocycles. The highest BCUT2D eigenvalue weighted by atomic mass is 16.4. The van der Waals surface area contributed by atoms with Crippen molar-refractivity contribution in [1.29, 1.82) is 0 Å². The van der Waals surface area contributed by atoms with Gasteiger partial charge < -0.3 is 4.42 Å². The molecule has 0 unspecified atom stereocenters. The van der Waals surface area contributed by atoms with Crippen molar-refractivity contribution >= 4 is 40.1 Å². The molecule has 0 aliphatic carbocycles. The van der Waals surface area contributed by atoms with Crippen LogP contribution in [-0.4, -0.2) is 17.7 Å². The zero-order valence-corrected chi connectivity index (χ0v) is 16.1. The number of carbonyl (C=O) groups is 3. The van der Waals surface area contributed by atoms with E-state index in [1.54, 1.807) is 54.6 Å². The van der Waals surface area contributed by atoms with E-state index in [-0.39, 0.29) is 5.91 Å². The molecule has 150 valence electrons. The normalized spacial score (nSPS) is 15.7. The third kappa shape index (κ3) is 3.00. The van der Waals surface area contributed by atoms with Gasteiger partial charge in [0.15, 0.2) is 0 Å². The van der Waals surface area contributed by atoms with Crippen LogP contribution in [0.1, 0.15) is 0 Å². The van der Waals surface area contributed by atoms with Gasteiger partial charge in [-0.05, 0) is 48.0 Å². The van der Waals surface area contributed by atoms with Crippen LogP contribution in [0, 0.1) is 0 Å². The maximum Gasteiger partial charge on any atom is 0.344 e. The molecule has 2 aliphatic rings. The number of hydrogen-bond acceptors (Lipinski definition) is 5. The zero-order chi connectivity index (χ0) is 21.7. The molecule has 3 heterocycles. The van der Waals surface area contributed by atoms with E-state index in [1.165, 1.54) is 23.1 Å². The quantitative estimate of drug-likeness (QED) is 0.488. The van der Waals surface area contributed by atoms with Gasteiger partial charge in [0.25, 0.3) is 17.7 Å². The van der Waals surface area contributed by atoms with Crippen molar-refractivity contribution in [1.82, 2.24) is 0 Å². The number of nitrogens with zero attached hydrogens (tertiary/aromatic N) is 2. The molecule has 31 heavy (non-hydrogen) atoms. The van der Waals surface area contributed by atoms with Crippen LogP contribution < -0.4 is 15.4 Å². The Labute approximate surface area is 175 Å². The topological polar surface area (TPSA) is 87.9 Å². The fourth-order valence-corrected chi connectivity index (χ4v) is 3.65. The highest BCUT2D eigenvalue weighted by Gasteiger charge is 2.25. The van der Waals surface area contributed by atoms with Crippen LogP contribution in [0.5, 0.6) is 0 Å². The number of carbonyl (C=O) groups excluding carboxylic acids is 3. The Bertz CT molecular complexity index is 1390. The lowest BCUT2D eigenvalue weighted by Gasteiger charge is -2.17. The Kier molecular flexibility index (Phi) is 4.04. The van der Waals surface area contributed by atoms with E-state index in [2.05, 4.69) is 6.58 Å². The van der Waals surface area contributed by atoms with Crippen molar-refractivity contribution in [3.63, 3.8) is 0 Å². The molecular weight excluding hydrogens is 396 g/mol. The van der Waals surface area contributed by atoms with Crippen LogP contribution in [0.4, 0.5) is 11.4 Å². The molecule has 0 N–H and O–H groups in total. The van der Waals surface area contributed by atoms with Crippen LogP contribution >= 0.6 is 0 Å². The minimum Gasteiger partial charge on any atom is -0.422 e. The third-order valence-electron chi connectivity index (χ3n) is 5.15. The summed E-state index contributed by atoms with van der Waals surface area (Å²) in [5.41, 5.74) is 2.33. The largest absolute Gasteiger partial charge is 0.422 e. The molecule has 0 spiro atoms. The van der Waals surface area contributed by atoms with Gasteiger partial charge in [-0.25, -0.2) is 9.69 Å². The molecule has 0 saturated carbocycles. The SMILES string of the molecule is C=C1C=CC(=O)N1c1ccc(-c2cc3cc(N4C(=O)C=CC4=O)ccc3oc2=O)cc1. The minimum absolute atomic E-state index is 0.184. The van der Waals surface area contributed by atoms with Crippen molar-refractivity contribution in [2.75, 3.05) is 9.80 Å². The number of hydrogen-bond donors (Lipinski definition) is 0. The molecule has 3 aromatic rings. The van der Waals surface area contributed by atoms with Crippen molar-refractivity contribution in [2.24, 2.45) is 0 Å². The van der Waals surface area contributed by atoms with Gasteiger partial charge in [0.05, 0.1) is 11.3 Å². The summed E-state index contributed by atoms with van der Waals surface area (Å²) >= 11 is 0. The summed E-state index contributed by atoms with van der Waals surface area (Å²) < 4.78 is 5.43. The molecule has 1 aromatic heterocycles. The average Bonchev–Trinajstić information content (AvgIpc) is 3.27. The molecule has 7 nitrogen and oxygen atoms in total. The Morgan fingerprint density at radius 1 is 0.677 bits per heavy atom. The fourth-order valence-electron chi connectivity index (χ4n) is 3.65. The van der Waals surface area contributed by atoms with Crippen LogP contribution in [0.2, 0.25) is 0 Å². The van der Waals surface area contributed by atoms with Gasteiger partial charge >= 0.3 is 5.63 Å². The van der Waals surface area contributed by atoms with Crippen LogP contribution in [0.3, 0.4) is 0 Å². The monoisotopic (exact) mass is 410 g/mol. The molecule has 0 bridgehead atoms. The maximum atomic E-state index is 12.5. The van der Waals surface area contributed by atoms with E-state index < -0.39 is 17.4 Å². The zero-order valence-electron chi connectivity index (χ0n) is 16.1. The van der Waals surface area contributed by atoms with E-state index in [9.17, 15) is 19.2 Å². The number of rotatable bonds is 3. The lowest BCUT2D eigenvalue weighted by molar-refractivity contribution is -0.120. The van der Waals surface area contributed by atoms with Crippen LogP contribution in [-0.2, 0) is 14.4 Å². The van der Waals surface area contributed by atoms with Crippen LogP contribution in [0.25, 0.3) is 22.1 Å². The Balaban J connectivity index is 1.54. The summed E-state index contributed by atoms with van der Waals surface area (Å²) in [6.07, 6.45) is 5.49. The van der Waals surface area contributed by atoms with E-state index in [0.29, 0.717) is 39.2 Å². The molecule has 0 fully saturated rings. The van der Waals surface area contributed by atoms with Crippen molar-refractivity contribution in [2.45, 2.75) is 0 Å². The second-order valence-corrected chi connectivity index (χ2v) is 7.06. The molecule has 5 rings (SSSR count). The highest BCUT2D eigenvalue weighted by molar-refractivity contribution is 6.28. The van der Waals surface area contributed by atoms with Gasteiger partial charge in [-0.15, -0.1) is 0 Å². The van der Waals surface area contributed by atoms with Gasteiger partial charge in [0.2, 0.25) is 0 Å². The average molecular weight is 410 g/mol. The number of imide groups is 1. The molecule has 3 amide bonds. The third-order valence-corrected chi connectivity index (χ3v) is 5.15. The van der Waals surface area contributed by atoms with Crippen molar-refractivity contribution in [3.8, 4) is 11.1 Å². The Hall–Kier alpha value is -4.52. The van der Waals surface area contributed by atoms with Crippen molar-refractivity contribution < 1.29 is 18.8 Å². The summed E-state index contributed by atoms with van der Waals surface area (Å²) in [7, 11) is 0. The number of benzene rings is 2. The van der Waals surface area contributed by atoms with Gasteiger partial charge in [-0.2, -0.15) is 0 Å². The predicted octanol–water partition coefficient (Wildman–Crippen LogP) is 3.31. The first-order chi connectivity index (χ1) is 14.9. The number of allylic oxidation sites excluding steroid dienone is 1. The molecule has 0 saturated heterocycles. The van der Waals surface area contributed by atoms with Crippen LogP contribution in [0.15, 0.2) is 94.3 Å². The standard InChI is InChI=1S/C24H14N2O5/c1-14-2-9-21(27)25(14)17-5-3-15(4-6-17)19-13-16-12-18(7-8-20(16)31-24(19)30)26-22(28)10-11-23(26)29/h2-13H,1H2. The second kappa shape index (κ2) is 6.77. The van der Waals surface area contributed by atoms with Gasteiger partial charge in [0, 0.05) is 35.0 Å². The lowest BCUT2D eigenvalue weighted by atomic mass is 10.0. The Morgan fingerprint density at radius 3 is 1.94 bits per heavy atom. The number of fused-ring (bicyclic) bond motifs is 1. The summed E-state index contributed by atoms with van der Waals surface area (Å²) in [5.74, 6) is -1.04. The molecular formula is C24H14N2O5. The van der Waals surface area contributed by atoms with E-state index in [1.807, 2.05) is 0 Å². The fraction of sp³-hybridized carbons (Fsp3) is 0. The summed E-state index contributed by atoms with van der Waals surface area (Å²) in [4.78, 5) is 51.0. The first-order valence-electron chi connectivity index (χ1n) is 9.38. The lowest BCUT2D eigenvalue weighted by Crippen LogP contribution is -2.29. The molecule has 2 aliphatic heterocycles. The maximum absolute atomic E-state index is 12.5. The number of anilines is 2. The van der Waals surface area contributed by atoms with Crippen molar-refractivity contribution in [3.05, 3.63) is 95.5 Å². The first kappa shape index (κ1) is 18.5. The summed E-state index contributed by atoms with van der Waals surface area (Å²) in [5, 5.41) is 0.566. The van der Waals surface area contributed by atoms with E-state index in [0.717, 1.165) is 4.90 Å². The van der Waals surface area contributed by atoms with Gasteiger partial charge in [-0.3, -0.25) is 19.3 Å². The molecule has 7 heteroatoms. The molecule has 0 radical (unpaired) electrons. The summed E-state index contributed by atoms with van der Waals surface area (Å²) in [6.45, 7) is 3.84.